The second kappa shape index (κ2) is 7.40. The molecule has 8 rings (SSSR count). The van der Waals surface area contributed by atoms with E-state index in [1.165, 1.54) is 36.8 Å². The zero-order chi connectivity index (χ0) is 22.3. The van der Waals surface area contributed by atoms with Gasteiger partial charge in [0.25, 0.3) is 6.13 Å². The minimum atomic E-state index is 0.271. The SMILES string of the molecule is CC1(C)[C@H]2C[C@@H]1[C@@H](c1ccccc1)[C@H](B(Cl)[C@@H]1C[C@@H]3C[C@H]([C@H]1c1ccccc1)C3(C)C)C2. The third-order valence-electron chi connectivity index (χ3n) is 11.2. The Morgan fingerprint density at radius 2 is 1.00 bits per heavy atom. The molecular weight excluding hydrogens is 407 g/mol. The van der Waals surface area contributed by atoms with E-state index >= 15 is 0 Å². The average Bonchev–Trinajstić information content (AvgIpc) is 2.83. The van der Waals surface area contributed by atoms with Crippen molar-refractivity contribution in [3.05, 3.63) is 71.8 Å². The molecular formula is C30H38BCl. The zero-order valence-electron chi connectivity index (χ0n) is 20.2. The van der Waals surface area contributed by atoms with Gasteiger partial charge in [0.05, 0.1) is 0 Å². The highest BCUT2D eigenvalue weighted by molar-refractivity contribution is 7.08. The third-order valence-corrected chi connectivity index (χ3v) is 11.8. The van der Waals surface area contributed by atoms with Crippen molar-refractivity contribution in [1.29, 1.82) is 0 Å². The molecule has 6 fully saturated rings. The van der Waals surface area contributed by atoms with E-state index in [0.29, 0.717) is 34.3 Å². The number of hydrogen-bond acceptors (Lipinski definition) is 0. The topological polar surface area (TPSA) is 0 Å². The van der Waals surface area contributed by atoms with Crippen molar-refractivity contribution >= 4 is 17.6 Å². The van der Waals surface area contributed by atoms with Crippen molar-refractivity contribution in [3.63, 3.8) is 0 Å². The van der Waals surface area contributed by atoms with Gasteiger partial charge in [-0.25, -0.2) is 0 Å². The molecule has 2 aromatic carbocycles. The van der Waals surface area contributed by atoms with Crippen molar-refractivity contribution in [1.82, 2.24) is 0 Å². The smallest absolute Gasteiger partial charge is 0.195 e. The Balaban J connectivity index is 1.36. The molecule has 6 aliphatic carbocycles. The lowest BCUT2D eigenvalue weighted by Gasteiger charge is -2.66. The Labute approximate surface area is 200 Å². The van der Waals surface area contributed by atoms with Crippen LogP contribution >= 0.6 is 11.5 Å². The van der Waals surface area contributed by atoms with Crippen molar-refractivity contribution in [3.8, 4) is 0 Å². The van der Waals surface area contributed by atoms with E-state index < -0.39 is 0 Å². The monoisotopic (exact) mass is 444 g/mol. The summed E-state index contributed by atoms with van der Waals surface area (Å²) in [6.07, 6.45) is 5.70. The molecule has 6 saturated carbocycles. The molecule has 168 valence electrons. The van der Waals surface area contributed by atoms with E-state index in [0.717, 1.165) is 23.7 Å². The lowest BCUT2D eigenvalue weighted by Crippen LogP contribution is -2.58. The van der Waals surface area contributed by atoms with Gasteiger partial charge in [0.2, 0.25) is 0 Å². The van der Waals surface area contributed by atoms with Gasteiger partial charge in [0.1, 0.15) is 0 Å². The van der Waals surface area contributed by atoms with Crippen LogP contribution in [-0.4, -0.2) is 6.13 Å². The largest absolute Gasteiger partial charge is 0.258 e. The van der Waals surface area contributed by atoms with Crippen molar-refractivity contribution in [2.24, 2.45) is 34.5 Å². The van der Waals surface area contributed by atoms with Gasteiger partial charge in [0.15, 0.2) is 0 Å². The highest BCUT2D eigenvalue weighted by Gasteiger charge is 2.64. The first kappa shape index (κ1) is 21.3. The van der Waals surface area contributed by atoms with Crippen LogP contribution in [0.25, 0.3) is 0 Å². The fourth-order valence-corrected chi connectivity index (χ4v) is 9.48. The predicted molar refractivity (Wildman–Crippen MR) is 137 cm³/mol. The van der Waals surface area contributed by atoms with Gasteiger partial charge in [0, 0.05) is 0 Å². The summed E-state index contributed by atoms with van der Waals surface area (Å²) < 4.78 is 0. The van der Waals surface area contributed by atoms with Crippen LogP contribution in [0.4, 0.5) is 0 Å². The van der Waals surface area contributed by atoms with Gasteiger partial charge in [-0.15, -0.1) is 0 Å². The number of hydrogen-bond donors (Lipinski definition) is 0. The van der Waals surface area contributed by atoms with Crippen molar-refractivity contribution in [2.75, 3.05) is 0 Å². The molecule has 0 saturated heterocycles. The lowest BCUT2D eigenvalue weighted by molar-refractivity contribution is -0.0875. The Kier molecular flexibility index (Phi) is 4.93. The molecule has 0 amide bonds. The second-order valence-electron chi connectivity index (χ2n) is 12.8. The quantitative estimate of drug-likeness (QED) is 0.414. The molecule has 0 unspecified atom stereocenters. The molecule has 0 spiro atoms. The van der Waals surface area contributed by atoms with Gasteiger partial charge in [-0.2, -0.15) is 11.5 Å². The second-order valence-corrected chi connectivity index (χ2v) is 13.3. The molecule has 4 bridgehead atoms. The highest BCUT2D eigenvalue weighted by Crippen LogP contribution is 2.73. The van der Waals surface area contributed by atoms with Crippen LogP contribution in [0.3, 0.4) is 0 Å². The molecule has 0 radical (unpaired) electrons. The van der Waals surface area contributed by atoms with Gasteiger partial charge >= 0.3 is 0 Å². The summed E-state index contributed by atoms with van der Waals surface area (Å²) in [6.45, 7) is 10.1. The summed E-state index contributed by atoms with van der Waals surface area (Å²) in [5.74, 6) is 5.69. The first-order valence-electron chi connectivity index (χ1n) is 13.0. The maximum Gasteiger partial charge on any atom is 0.258 e. The Bertz CT molecular complexity index is 887. The first-order valence-corrected chi connectivity index (χ1v) is 13.5. The summed E-state index contributed by atoms with van der Waals surface area (Å²) in [4.78, 5) is 0. The van der Waals surface area contributed by atoms with Gasteiger partial charge in [-0.05, 0) is 81.9 Å². The minimum absolute atomic E-state index is 0.271. The Morgan fingerprint density at radius 1 is 0.625 bits per heavy atom. The molecule has 0 aliphatic heterocycles. The lowest BCUT2D eigenvalue weighted by atomic mass is 9.29. The van der Waals surface area contributed by atoms with E-state index in [-0.39, 0.29) is 6.13 Å². The molecule has 2 aromatic rings. The molecule has 32 heavy (non-hydrogen) atoms. The summed E-state index contributed by atoms with van der Waals surface area (Å²) in [5.41, 5.74) is 4.00. The normalized spacial score (nSPS) is 40.7. The highest BCUT2D eigenvalue weighted by atomic mass is 35.5. The minimum Gasteiger partial charge on any atom is -0.195 e. The molecule has 8 atom stereocenters. The fourth-order valence-electron chi connectivity index (χ4n) is 8.96. The maximum absolute atomic E-state index is 7.69. The standard InChI is InChI=1S/C30H38BCl/c1-29(2)21-15-23(29)27(19-11-7-5-8-12-19)25(17-21)31(32)26-18-22-16-24(30(22,3)4)28(26)20-13-9-6-10-14-20/h5-14,21-28H,15-18H2,1-4H3/t21-,22-,23+,24+,25+,26+,27+,28+/m0/s1. The van der Waals surface area contributed by atoms with Crippen LogP contribution in [0.2, 0.25) is 11.6 Å². The molecule has 2 heteroatoms. The van der Waals surface area contributed by atoms with E-state index in [1.807, 2.05) is 0 Å². The summed E-state index contributed by atoms with van der Waals surface area (Å²) >= 11 is 7.69. The first-order chi connectivity index (χ1) is 15.3. The number of fused-ring (bicyclic) bond motifs is 4. The fraction of sp³-hybridized carbons (Fsp3) is 0.600. The Hall–Kier alpha value is -1.21. The molecule has 0 aromatic heterocycles. The van der Waals surface area contributed by atoms with Gasteiger partial charge in [-0.1, -0.05) is 101 Å². The maximum atomic E-state index is 7.69. The van der Waals surface area contributed by atoms with Crippen LogP contribution in [0.15, 0.2) is 60.7 Å². The predicted octanol–water partition coefficient (Wildman–Crippen LogP) is 8.66. The van der Waals surface area contributed by atoms with E-state index in [2.05, 4.69) is 88.4 Å². The summed E-state index contributed by atoms with van der Waals surface area (Å²) in [5, 5.41) is 0. The molecule has 0 heterocycles. The molecule has 0 N–H and O–H groups in total. The number of rotatable bonds is 4. The molecule has 0 nitrogen and oxygen atoms in total. The van der Waals surface area contributed by atoms with Crippen molar-refractivity contribution in [2.45, 2.75) is 76.8 Å². The van der Waals surface area contributed by atoms with Gasteiger partial charge in [-0.3, -0.25) is 0 Å². The van der Waals surface area contributed by atoms with Crippen molar-refractivity contribution < 1.29 is 0 Å². The summed E-state index contributed by atoms with van der Waals surface area (Å²) in [7, 11) is 0. The Morgan fingerprint density at radius 3 is 1.34 bits per heavy atom. The van der Waals surface area contributed by atoms with E-state index in [1.54, 1.807) is 0 Å². The van der Waals surface area contributed by atoms with E-state index in [9.17, 15) is 0 Å². The third kappa shape index (κ3) is 2.95. The number of halogens is 1. The van der Waals surface area contributed by atoms with Crippen LogP contribution in [0.1, 0.15) is 76.3 Å². The van der Waals surface area contributed by atoms with Gasteiger partial charge < -0.3 is 0 Å². The average molecular weight is 445 g/mol. The van der Waals surface area contributed by atoms with Crippen LogP contribution < -0.4 is 0 Å². The van der Waals surface area contributed by atoms with E-state index in [4.69, 9.17) is 11.5 Å². The number of benzene rings is 2. The molecule has 6 aliphatic rings. The van der Waals surface area contributed by atoms with Crippen LogP contribution in [0.5, 0.6) is 0 Å². The van der Waals surface area contributed by atoms with Crippen LogP contribution in [0, 0.1) is 34.5 Å². The summed E-state index contributed by atoms with van der Waals surface area (Å²) in [6, 6.07) is 22.8. The van der Waals surface area contributed by atoms with Crippen LogP contribution in [-0.2, 0) is 0 Å². The zero-order valence-corrected chi connectivity index (χ0v) is 20.9.